The maximum atomic E-state index is 13.6. The Kier molecular flexibility index (Phi) is 5.24. The van der Waals surface area contributed by atoms with Gasteiger partial charge < -0.3 is 10.4 Å². The lowest BCUT2D eigenvalue weighted by atomic mass is 10.1. The third kappa shape index (κ3) is 4.23. The SMILES string of the molecule is OCCN(Cc1cc(F)ccc1F)CC1CCCN1. The molecule has 106 valence electrons. The van der Waals surface area contributed by atoms with Gasteiger partial charge in [-0.15, -0.1) is 0 Å². The quantitative estimate of drug-likeness (QED) is 0.822. The summed E-state index contributed by atoms with van der Waals surface area (Å²) in [4.78, 5) is 1.96. The van der Waals surface area contributed by atoms with Crippen LogP contribution < -0.4 is 5.32 Å². The first-order chi connectivity index (χ1) is 9.19. The summed E-state index contributed by atoms with van der Waals surface area (Å²) in [6, 6.07) is 3.87. The number of halogens is 2. The zero-order valence-corrected chi connectivity index (χ0v) is 10.9. The van der Waals surface area contributed by atoms with Gasteiger partial charge in [0.15, 0.2) is 0 Å². The molecule has 1 aromatic rings. The summed E-state index contributed by atoms with van der Waals surface area (Å²) >= 11 is 0. The average Bonchev–Trinajstić information content (AvgIpc) is 2.87. The van der Waals surface area contributed by atoms with Gasteiger partial charge in [-0.25, -0.2) is 8.78 Å². The van der Waals surface area contributed by atoms with Gasteiger partial charge in [0.25, 0.3) is 0 Å². The second-order valence-corrected chi connectivity index (χ2v) is 4.99. The van der Waals surface area contributed by atoms with Gasteiger partial charge in [0.05, 0.1) is 6.61 Å². The summed E-state index contributed by atoms with van der Waals surface area (Å²) in [6.07, 6.45) is 2.24. The molecule has 1 aromatic carbocycles. The van der Waals surface area contributed by atoms with E-state index in [1.54, 1.807) is 0 Å². The van der Waals surface area contributed by atoms with E-state index in [4.69, 9.17) is 5.11 Å². The smallest absolute Gasteiger partial charge is 0.127 e. The highest BCUT2D eigenvalue weighted by molar-refractivity contribution is 5.18. The van der Waals surface area contributed by atoms with E-state index >= 15 is 0 Å². The van der Waals surface area contributed by atoms with Gasteiger partial charge >= 0.3 is 0 Å². The zero-order chi connectivity index (χ0) is 13.7. The van der Waals surface area contributed by atoms with Crippen LogP contribution in [0.25, 0.3) is 0 Å². The Bertz CT molecular complexity index is 408. The van der Waals surface area contributed by atoms with Crippen LogP contribution in [-0.4, -0.2) is 42.3 Å². The Morgan fingerprint density at radius 1 is 1.37 bits per heavy atom. The molecule has 1 fully saturated rings. The van der Waals surface area contributed by atoms with Gasteiger partial charge in [-0.2, -0.15) is 0 Å². The molecule has 2 N–H and O–H groups in total. The van der Waals surface area contributed by atoms with Crippen LogP contribution >= 0.6 is 0 Å². The normalized spacial score (nSPS) is 19.3. The Labute approximate surface area is 112 Å². The van der Waals surface area contributed by atoms with E-state index in [0.717, 1.165) is 38.1 Å². The first kappa shape index (κ1) is 14.4. The summed E-state index contributed by atoms with van der Waals surface area (Å²) in [5, 5.41) is 12.4. The van der Waals surface area contributed by atoms with E-state index in [2.05, 4.69) is 5.32 Å². The third-order valence-electron chi connectivity index (χ3n) is 3.46. The van der Waals surface area contributed by atoms with Crippen LogP contribution in [0, 0.1) is 11.6 Å². The molecule has 1 aliphatic heterocycles. The topological polar surface area (TPSA) is 35.5 Å². The molecular formula is C14H20F2N2O. The molecule has 3 nitrogen and oxygen atoms in total. The van der Waals surface area contributed by atoms with Gasteiger partial charge in [0, 0.05) is 31.2 Å². The van der Waals surface area contributed by atoms with Crippen molar-refractivity contribution in [1.29, 1.82) is 0 Å². The Morgan fingerprint density at radius 3 is 2.89 bits per heavy atom. The molecule has 1 unspecified atom stereocenters. The molecule has 1 saturated heterocycles. The maximum absolute atomic E-state index is 13.6. The molecule has 0 saturated carbocycles. The number of aliphatic hydroxyl groups excluding tert-OH is 1. The zero-order valence-electron chi connectivity index (χ0n) is 10.9. The molecule has 1 atom stereocenters. The summed E-state index contributed by atoms with van der Waals surface area (Å²) in [6.45, 7) is 2.56. The Hall–Kier alpha value is -1.04. The molecule has 1 heterocycles. The molecule has 0 spiro atoms. The first-order valence-corrected chi connectivity index (χ1v) is 6.69. The molecule has 2 rings (SSSR count). The van der Waals surface area contributed by atoms with Crippen LogP contribution in [0.3, 0.4) is 0 Å². The lowest BCUT2D eigenvalue weighted by Crippen LogP contribution is -2.38. The predicted molar refractivity (Wildman–Crippen MR) is 69.7 cm³/mol. The fraction of sp³-hybridized carbons (Fsp3) is 0.571. The lowest BCUT2D eigenvalue weighted by molar-refractivity contribution is 0.177. The van der Waals surface area contributed by atoms with E-state index < -0.39 is 11.6 Å². The van der Waals surface area contributed by atoms with E-state index in [1.165, 1.54) is 6.07 Å². The number of benzene rings is 1. The summed E-state index contributed by atoms with van der Waals surface area (Å²) in [7, 11) is 0. The number of hydrogen-bond donors (Lipinski definition) is 2. The Morgan fingerprint density at radius 2 is 2.21 bits per heavy atom. The van der Waals surface area contributed by atoms with Crippen molar-refractivity contribution in [3.05, 3.63) is 35.4 Å². The summed E-state index contributed by atoms with van der Waals surface area (Å²) in [5.41, 5.74) is 0.339. The molecule has 0 aliphatic carbocycles. The van der Waals surface area contributed by atoms with Gasteiger partial charge in [0.2, 0.25) is 0 Å². The van der Waals surface area contributed by atoms with Crippen LogP contribution in [0.4, 0.5) is 8.78 Å². The number of nitrogens with zero attached hydrogens (tertiary/aromatic N) is 1. The minimum Gasteiger partial charge on any atom is -0.395 e. The van der Waals surface area contributed by atoms with Crippen LogP contribution in [0.2, 0.25) is 0 Å². The molecule has 19 heavy (non-hydrogen) atoms. The number of nitrogens with one attached hydrogen (secondary N) is 1. The van der Waals surface area contributed by atoms with E-state index in [0.29, 0.717) is 24.7 Å². The fourth-order valence-electron chi connectivity index (χ4n) is 2.51. The van der Waals surface area contributed by atoms with Crippen molar-refractivity contribution >= 4 is 0 Å². The third-order valence-corrected chi connectivity index (χ3v) is 3.46. The second kappa shape index (κ2) is 6.93. The number of rotatable bonds is 6. The highest BCUT2D eigenvalue weighted by atomic mass is 19.1. The van der Waals surface area contributed by atoms with Crippen LogP contribution in [0.1, 0.15) is 18.4 Å². The molecule has 1 aliphatic rings. The van der Waals surface area contributed by atoms with Gasteiger partial charge in [-0.1, -0.05) is 0 Å². The van der Waals surface area contributed by atoms with Crippen LogP contribution in [0.15, 0.2) is 18.2 Å². The monoisotopic (exact) mass is 270 g/mol. The van der Waals surface area contributed by atoms with Crippen molar-refractivity contribution in [2.45, 2.75) is 25.4 Å². The van der Waals surface area contributed by atoms with E-state index in [9.17, 15) is 8.78 Å². The molecule has 0 amide bonds. The van der Waals surface area contributed by atoms with E-state index in [1.807, 2.05) is 4.90 Å². The molecule has 0 radical (unpaired) electrons. The van der Waals surface area contributed by atoms with Crippen molar-refractivity contribution in [2.75, 3.05) is 26.2 Å². The van der Waals surface area contributed by atoms with E-state index in [-0.39, 0.29) is 6.61 Å². The highest BCUT2D eigenvalue weighted by Gasteiger charge is 2.18. The highest BCUT2D eigenvalue weighted by Crippen LogP contribution is 2.14. The number of hydrogen-bond acceptors (Lipinski definition) is 3. The van der Waals surface area contributed by atoms with Gasteiger partial charge in [-0.3, -0.25) is 4.90 Å². The van der Waals surface area contributed by atoms with Crippen molar-refractivity contribution in [2.24, 2.45) is 0 Å². The first-order valence-electron chi connectivity index (χ1n) is 6.69. The van der Waals surface area contributed by atoms with Crippen molar-refractivity contribution in [1.82, 2.24) is 10.2 Å². The fourth-order valence-corrected chi connectivity index (χ4v) is 2.51. The standard InChI is InChI=1S/C14H20F2N2O/c15-12-3-4-14(16)11(8-12)9-18(6-7-19)10-13-2-1-5-17-13/h3-4,8,13,17,19H,1-2,5-7,9-10H2. The van der Waals surface area contributed by atoms with Crippen molar-refractivity contribution < 1.29 is 13.9 Å². The molecular weight excluding hydrogens is 250 g/mol. The van der Waals surface area contributed by atoms with Crippen molar-refractivity contribution in [3.8, 4) is 0 Å². The maximum Gasteiger partial charge on any atom is 0.127 e. The molecule has 0 aromatic heterocycles. The van der Waals surface area contributed by atoms with Crippen LogP contribution in [-0.2, 0) is 6.54 Å². The lowest BCUT2D eigenvalue weighted by Gasteiger charge is -2.25. The number of aliphatic hydroxyl groups is 1. The van der Waals surface area contributed by atoms with Crippen LogP contribution in [0.5, 0.6) is 0 Å². The van der Waals surface area contributed by atoms with Gasteiger partial charge in [0.1, 0.15) is 11.6 Å². The van der Waals surface area contributed by atoms with Crippen molar-refractivity contribution in [3.63, 3.8) is 0 Å². The average molecular weight is 270 g/mol. The second-order valence-electron chi connectivity index (χ2n) is 4.99. The summed E-state index contributed by atoms with van der Waals surface area (Å²) < 4.78 is 26.8. The molecule has 0 bridgehead atoms. The minimum absolute atomic E-state index is 0.0175. The minimum atomic E-state index is -0.431. The largest absolute Gasteiger partial charge is 0.395 e. The van der Waals surface area contributed by atoms with Gasteiger partial charge in [-0.05, 0) is 37.6 Å². The predicted octanol–water partition coefficient (Wildman–Crippen LogP) is 1.51. The Balaban J connectivity index is 2.00. The summed E-state index contributed by atoms with van der Waals surface area (Å²) in [5.74, 6) is -0.830. The molecule has 5 heteroatoms.